The van der Waals surface area contributed by atoms with Gasteiger partial charge in [0, 0.05) is 19.4 Å². The van der Waals surface area contributed by atoms with Gasteiger partial charge in [-0.05, 0) is 22.3 Å². The van der Waals surface area contributed by atoms with Crippen LogP contribution in [-0.4, -0.2) is 46.7 Å². The number of carbonyl (C=O) groups is 2. The number of carbonyl (C=O) groups excluding carboxylic acids is 1. The molecular formula is C22H20N2O5. The van der Waals surface area contributed by atoms with E-state index in [0.29, 0.717) is 5.69 Å². The number of amides is 1. The van der Waals surface area contributed by atoms with E-state index in [-0.39, 0.29) is 18.9 Å². The van der Waals surface area contributed by atoms with E-state index in [0.717, 1.165) is 27.2 Å². The highest BCUT2D eigenvalue weighted by Crippen LogP contribution is 2.44. The van der Waals surface area contributed by atoms with E-state index < -0.39 is 18.1 Å². The molecule has 0 spiro atoms. The van der Waals surface area contributed by atoms with Gasteiger partial charge >= 0.3 is 12.1 Å². The van der Waals surface area contributed by atoms with Crippen molar-refractivity contribution in [3.8, 4) is 11.1 Å². The van der Waals surface area contributed by atoms with Gasteiger partial charge in [-0.2, -0.15) is 0 Å². The van der Waals surface area contributed by atoms with Crippen LogP contribution < -0.4 is 0 Å². The van der Waals surface area contributed by atoms with Gasteiger partial charge in [0.25, 0.3) is 0 Å². The van der Waals surface area contributed by atoms with Crippen LogP contribution in [0, 0.1) is 0 Å². The minimum Gasteiger partial charge on any atom is -0.480 e. The molecule has 1 aliphatic rings. The molecule has 1 N–H and O–H groups in total. The maximum absolute atomic E-state index is 12.6. The first-order valence-electron chi connectivity index (χ1n) is 9.24. The number of carboxylic acids is 1. The molecule has 0 saturated heterocycles. The molecule has 0 aliphatic heterocycles. The van der Waals surface area contributed by atoms with Crippen LogP contribution in [-0.2, 0) is 16.0 Å². The van der Waals surface area contributed by atoms with Crippen molar-refractivity contribution in [3.63, 3.8) is 0 Å². The molecule has 7 nitrogen and oxygen atoms in total. The molecule has 0 radical (unpaired) electrons. The van der Waals surface area contributed by atoms with Gasteiger partial charge in [0.2, 0.25) is 0 Å². The monoisotopic (exact) mass is 392 g/mol. The second kappa shape index (κ2) is 7.79. The number of hydrogen-bond acceptors (Lipinski definition) is 5. The second-order valence-corrected chi connectivity index (χ2v) is 6.95. The first kappa shape index (κ1) is 18.7. The SMILES string of the molecule is CN(C(=O)OCC1c2ccccc2-c2ccccc21)C(Cc1cocn1)C(=O)O. The van der Waals surface area contributed by atoms with Crippen molar-refractivity contribution in [1.29, 1.82) is 0 Å². The molecule has 0 saturated carbocycles. The minimum atomic E-state index is -1.14. The molecule has 1 aliphatic carbocycles. The zero-order valence-electron chi connectivity index (χ0n) is 15.8. The van der Waals surface area contributed by atoms with Gasteiger partial charge in [0.15, 0.2) is 6.39 Å². The number of benzene rings is 2. The lowest BCUT2D eigenvalue weighted by Crippen LogP contribution is -2.44. The number of ether oxygens (including phenoxy) is 1. The van der Waals surface area contributed by atoms with E-state index in [1.807, 2.05) is 36.4 Å². The molecule has 0 bridgehead atoms. The van der Waals surface area contributed by atoms with Crippen LogP contribution in [0.25, 0.3) is 11.1 Å². The maximum atomic E-state index is 12.6. The third-order valence-electron chi connectivity index (χ3n) is 5.26. The van der Waals surface area contributed by atoms with Crippen molar-refractivity contribution in [1.82, 2.24) is 9.88 Å². The van der Waals surface area contributed by atoms with Crippen molar-refractivity contribution in [2.24, 2.45) is 0 Å². The van der Waals surface area contributed by atoms with Crippen LogP contribution in [0.3, 0.4) is 0 Å². The Labute approximate surface area is 167 Å². The molecule has 148 valence electrons. The lowest BCUT2D eigenvalue weighted by molar-refractivity contribution is -0.142. The fraction of sp³-hybridized carbons (Fsp3) is 0.227. The highest BCUT2D eigenvalue weighted by atomic mass is 16.6. The van der Waals surface area contributed by atoms with Crippen molar-refractivity contribution < 1.29 is 23.8 Å². The van der Waals surface area contributed by atoms with Gasteiger partial charge in [-0.15, -0.1) is 0 Å². The number of fused-ring (bicyclic) bond motifs is 3. The van der Waals surface area contributed by atoms with Crippen molar-refractivity contribution in [2.45, 2.75) is 18.4 Å². The first-order chi connectivity index (χ1) is 14.1. The number of hydrogen-bond donors (Lipinski definition) is 1. The lowest BCUT2D eigenvalue weighted by Gasteiger charge is -2.24. The Balaban J connectivity index is 1.48. The summed E-state index contributed by atoms with van der Waals surface area (Å²) >= 11 is 0. The van der Waals surface area contributed by atoms with Gasteiger partial charge in [-0.1, -0.05) is 48.5 Å². The lowest BCUT2D eigenvalue weighted by atomic mass is 9.98. The van der Waals surface area contributed by atoms with Crippen molar-refractivity contribution in [2.75, 3.05) is 13.7 Å². The Hall–Kier alpha value is -3.61. The van der Waals surface area contributed by atoms with E-state index in [2.05, 4.69) is 17.1 Å². The third-order valence-corrected chi connectivity index (χ3v) is 5.26. The van der Waals surface area contributed by atoms with Gasteiger partial charge in [-0.25, -0.2) is 14.6 Å². The van der Waals surface area contributed by atoms with Crippen LogP contribution in [0.15, 0.2) is 65.6 Å². The third kappa shape index (κ3) is 3.59. The minimum absolute atomic E-state index is 0.0343. The number of oxazole rings is 1. The molecule has 1 amide bonds. The fourth-order valence-electron chi connectivity index (χ4n) is 3.75. The number of aliphatic carboxylic acids is 1. The molecule has 3 aromatic rings. The number of aromatic nitrogens is 1. The van der Waals surface area contributed by atoms with Gasteiger partial charge in [0.1, 0.15) is 18.9 Å². The van der Waals surface area contributed by atoms with Crippen molar-refractivity contribution in [3.05, 3.63) is 78.0 Å². The van der Waals surface area contributed by atoms with Crippen LogP contribution in [0.2, 0.25) is 0 Å². The zero-order chi connectivity index (χ0) is 20.4. The molecular weight excluding hydrogens is 372 g/mol. The smallest absolute Gasteiger partial charge is 0.410 e. The summed E-state index contributed by atoms with van der Waals surface area (Å²) in [5.41, 5.74) is 4.91. The van der Waals surface area contributed by atoms with Crippen LogP contribution in [0.4, 0.5) is 4.79 Å². The quantitative estimate of drug-likeness (QED) is 0.690. The normalized spacial score (nSPS) is 13.4. The predicted molar refractivity (Wildman–Crippen MR) is 104 cm³/mol. The van der Waals surface area contributed by atoms with Crippen LogP contribution in [0.1, 0.15) is 22.7 Å². The molecule has 1 atom stereocenters. The molecule has 2 aromatic carbocycles. The summed E-state index contributed by atoms with van der Waals surface area (Å²) in [6.45, 7) is 0.132. The predicted octanol–water partition coefficient (Wildman–Crippen LogP) is 3.55. The highest BCUT2D eigenvalue weighted by molar-refractivity contribution is 5.81. The molecule has 29 heavy (non-hydrogen) atoms. The molecule has 0 fully saturated rings. The number of carboxylic acid groups (broad SMARTS) is 1. The Morgan fingerprint density at radius 3 is 2.31 bits per heavy atom. The summed E-state index contributed by atoms with van der Waals surface area (Å²) in [7, 11) is 1.41. The topological polar surface area (TPSA) is 92.9 Å². The summed E-state index contributed by atoms with van der Waals surface area (Å²) in [5, 5.41) is 9.52. The van der Waals surface area contributed by atoms with Crippen LogP contribution in [0.5, 0.6) is 0 Å². The molecule has 1 aromatic heterocycles. The van der Waals surface area contributed by atoms with E-state index in [1.54, 1.807) is 0 Å². The second-order valence-electron chi connectivity index (χ2n) is 6.95. The van der Waals surface area contributed by atoms with E-state index in [1.165, 1.54) is 19.7 Å². The van der Waals surface area contributed by atoms with Gasteiger partial charge < -0.3 is 14.3 Å². The Bertz CT molecular complexity index is 986. The molecule has 1 heterocycles. The number of likely N-dealkylation sites (N-methyl/N-ethyl adjacent to an activating group) is 1. The average molecular weight is 392 g/mol. The number of rotatable bonds is 6. The summed E-state index contributed by atoms with van der Waals surface area (Å²) in [4.78, 5) is 29.3. The highest BCUT2D eigenvalue weighted by Gasteiger charge is 2.32. The molecule has 7 heteroatoms. The Morgan fingerprint density at radius 2 is 1.76 bits per heavy atom. The average Bonchev–Trinajstić information content (AvgIpc) is 3.36. The van der Waals surface area contributed by atoms with Crippen molar-refractivity contribution >= 4 is 12.1 Å². The number of nitrogens with zero attached hydrogens (tertiary/aromatic N) is 2. The largest absolute Gasteiger partial charge is 0.480 e. The molecule has 4 rings (SSSR count). The standard InChI is InChI=1S/C22H20N2O5/c1-24(20(21(25)26)10-14-11-28-13-23-14)22(27)29-12-19-17-8-4-2-6-15(17)16-7-3-5-9-18(16)19/h2-9,11,13,19-20H,10,12H2,1H3,(H,25,26). The summed E-state index contributed by atoms with van der Waals surface area (Å²) in [6, 6.07) is 15.0. The molecule has 1 unspecified atom stereocenters. The Morgan fingerprint density at radius 1 is 1.14 bits per heavy atom. The fourth-order valence-corrected chi connectivity index (χ4v) is 3.75. The summed E-state index contributed by atoms with van der Waals surface area (Å²) in [6.07, 6.45) is 1.93. The Kier molecular flexibility index (Phi) is 5.03. The first-order valence-corrected chi connectivity index (χ1v) is 9.24. The zero-order valence-corrected chi connectivity index (χ0v) is 15.8. The summed E-state index contributed by atoms with van der Waals surface area (Å²) < 4.78 is 10.4. The van der Waals surface area contributed by atoms with Gasteiger partial charge in [0.05, 0.1) is 5.69 Å². The maximum Gasteiger partial charge on any atom is 0.410 e. The van der Waals surface area contributed by atoms with E-state index in [9.17, 15) is 14.7 Å². The summed E-state index contributed by atoms with van der Waals surface area (Å²) in [5.74, 6) is -1.22. The van der Waals surface area contributed by atoms with E-state index >= 15 is 0 Å². The van der Waals surface area contributed by atoms with Gasteiger partial charge in [-0.3, -0.25) is 4.90 Å². The van der Waals surface area contributed by atoms with E-state index in [4.69, 9.17) is 9.15 Å². The van der Waals surface area contributed by atoms with Crippen LogP contribution >= 0.6 is 0 Å².